The molecule has 0 radical (unpaired) electrons. The van der Waals surface area contributed by atoms with E-state index in [1.165, 1.54) is 6.20 Å². The lowest BCUT2D eigenvalue weighted by Gasteiger charge is -2.07. The van der Waals surface area contributed by atoms with E-state index in [1.54, 1.807) is 0 Å². The zero-order chi connectivity index (χ0) is 8.81. The summed E-state index contributed by atoms with van der Waals surface area (Å²) in [5.74, 6) is -0.935. The van der Waals surface area contributed by atoms with E-state index in [4.69, 9.17) is 9.84 Å². The van der Waals surface area contributed by atoms with Crippen LogP contribution >= 0.6 is 0 Å². The molecule has 0 aromatic heterocycles. The number of hydrogen-bond donors (Lipinski definition) is 2. The van der Waals surface area contributed by atoms with Crippen LogP contribution in [0.15, 0.2) is 12.3 Å². The molecule has 0 aromatic carbocycles. The molecule has 1 atom stereocenters. The lowest BCUT2D eigenvalue weighted by molar-refractivity contribution is -0.131. The van der Waals surface area contributed by atoms with E-state index in [-0.39, 0.29) is 6.10 Å². The summed E-state index contributed by atoms with van der Waals surface area (Å²) in [7, 11) is 0. The van der Waals surface area contributed by atoms with Crippen molar-refractivity contribution in [3.63, 3.8) is 0 Å². The molecule has 1 heterocycles. The van der Waals surface area contributed by atoms with Gasteiger partial charge in [0.2, 0.25) is 0 Å². The van der Waals surface area contributed by atoms with E-state index in [0.717, 1.165) is 25.5 Å². The minimum absolute atomic E-state index is 0.253. The highest BCUT2D eigenvalue weighted by molar-refractivity contribution is 5.79. The molecule has 68 valence electrons. The van der Waals surface area contributed by atoms with Gasteiger partial charge < -0.3 is 15.2 Å². The second-order valence-electron chi connectivity index (χ2n) is 2.71. The van der Waals surface area contributed by atoms with Crippen molar-refractivity contribution in [3.05, 3.63) is 12.3 Å². The van der Waals surface area contributed by atoms with Crippen LogP contribution < -0.4 is 5.32 Å². The Labute approximate surface area is 71.2 Å². The lowest BCUT2D eigenvalue weighted by Crippen LogP contribution is -2.22. The second kappa shape index (κ2) is 4.77. The average Bonchev–Trinajstić information content (AvgIpc) is 2.49. The highest BCUT2D eigenvalue weighted by Gasteiger charge is 2.13. The van der Waals surface area contributed by atoms with Crippen LogP contribution in [0.25, 0.3) is 0 Å². The minimum Gasteiger partial charge on any atom is -0.478 e. The maximum Gasteiger partial charge on any atom is 0.329 e. The Morgan fingerprint density at radius 1 is 1.75 bits per heavy atom. The van der Waals surface area contributed by atoms with Crippen molar-refractivity contribution >= 4 is 5.97 Å². The first-order valence-electron chi connectivity index (χ1n) is 4.03. The van der Waals surface area contributed by atoms with Crippen molar-refractivity contribution in [2.24, 2.45) is 0 Å². The third kappa shape index (κ3) is 3.39. The second-order valence-corrected chi connectivity index (χ2v) is 2.71. The van der Waals surface area contributed by atoms with Crippen molar-refractivity contribution in [1.82, 2.24) is 5.32 Å². The average molecular weight is 171 g/mol. The monoisotopic (exact) mass is 171 g/mol. The van der Waals surface area contributed by atoms with Crippen LogP contribution in [0.3, 0.4) is 0 Å². The maximum atomic E-state index is 10.0. The summed E-state index contributed by atoms with van der Waals surface area (Å²) in [4.78, 5) is 10.0. The number of rotatable bonds is 4. The highest BCUT2D eigenvalue weighted by Crippen LogP contribution is 2.10. The number of carbonyl (C=O) groups is 1. The van der Waals surface area contributed by atoms with Gasteiger partial charge in [-0.2, -0.15) is 0 Å². The molecular formula is C8H13NO3. The smallest absolute Gasteiger partial charge is 0.329 e. The van der Waals surface area contributed by atoms with Gasteiger partial charge >= 0.3 is 5.97 Å². The molecule has 0 saturated carbocycles. The molecule has 4 nitrogen and oxygen atoms in total. The molecule has 0 aromatic rings. The van der Waals surface area contributed by atoms with E-state index in [2.05, 4.69) is 5.32 Å². The fraction of sp³-hybridized carbons (Fsp3) is 0.625. The van der Waals surface area contributed by atoms with Gasteiger partial charge in [0.15, 0.2) is 0 Å². The summed E-state index contributed by atoms with van der Waals surface area (Å²) in [6.45, 7) is 1.53. The lowest BCUT2D eigenvalue weighted by atomic mass is 10.2. The summed E-state index contributed by atoms with van der Waals surface area (Å²) < 4.78 is 5.32. The summed E-state index contributed by atoms with van der Waals surface area (Å²) in [5.41, 5.74) is 0. The first kappa shape index (κ1) is 9.06. The predicted octanol–water partition coefficient (Wildman–Crippen LogP) is 0.353. The Morgan fingerprint density at radius 3 is 3.17 bits per heavy atom. The molecule has 0 amide bonds. The van der Waals surface area contributed by atoms with Crippen LogP contribution in [0.5, 0.6) is 0 Å². The van der Waals surface area contributed by atoms with Crippen LogP contribution in [0.1, 0.15) is 12.8 Å². The van der Waals surface area contributed by atoms with Gasteiger partial charge in [-0.3, -0.25) is 0 Å². The van der Waals surface area contributed by atoms with E-state index < -0.39 is 5.97 Å². The number of carboxylic acids is 1. The fourth-order valence-electron chi connectivity index (χ4n) is 1.14. The Balaban J connectivity index is 2.05. The Hall–Kier alpha value is -1.03. The van der Waals surface area contributed by atoms with Crippen molar-refractivity contribution in [1.29, 1.82) is 0 Å². The van der Waals surface area contributed by atoms with Gasteiger partial charge in [-0.05, 0) is 12.8 Å². The zero-order valence-corrected chi connectivity index (χ0v) is 6.82. The van der Waals surface area contributed by atoms with E-state index in [1.807, 2.05) is 0 Å². The van der Waals surface area contributed by atoms with Crippen molar-refractivity contribution < 1.29 is 14.6 Å². The van der Waals surface area contributed by atoms with Crippen molar-refractivity contribution in [2.45, 2.75) is 18.9 Å². The molecule has 12 heavy (non-hydrogen) atoms. The summed E-state index contributed by atoms with van der Waals surface area (Å²) in [5, 5.41) is 11.1. The van der Waals surface area contributed by atoms with Crippen LogP contribution in [-0.2, 0) is 9.53 Å². The van der Waals surface area contributed by atoms with E-state index >= 15 is 0 Å². The van der Waals surface area contributed by atoms with Gasteiger partial charge in [0.05, 0.1) is 6.10 Å². The summed E-state index contributed by atoms with van der Waals surface area (Å²) in [6, 6.07) is 0. The van der Waals surface area contributed by atoms with Gasteiger partial charge in [0.1, 0.15) is 0 Å². The third-order valence-electron chi connectivity index (χ3n) is 1.71. The van der Waals surface area contributed by atoms with Crippen molar-refractivity contribution in [2.75, 3.05) is 13.2 Å². The van der Waals surface area contributed by atoms with Crippen LogP contribution in [-0.4, -0.2) is 30.3 Å². The van der Waals surface area contributed by atoms with Gasteiger partial charge in [-0.25, -0.2) is 4.79 Å². The Morgan fingerprint density at radius 2 is 2.58 bits per heavy atom. The molecule has 1 unspecified atom stereocenters. The molecular weight excluding hydrogens is 158 g/mol. The quantitative estimate of drug-likeness (QED) is 0.599. The number of hydrogen-bond acceptors (Lipinski definition) is 3. The molecule has 0 aliphatic carbocycles. The minimum atomic E-state index is -0.935. The maximum absolute atomic E-state index is 10.0. The number of aliphatic carboxylic acids is 1. The van der Waals surface area contributed by atoms with E-state index in [0.29, 0.717) is 6.54 Å². The summed E-state index contributed by atoms with van der Waals surface area (Å²) >= 11 is 0. The largest absolute Gasteiger partial charge is 0.478 e. The van der Waals surface area contributed by atoms with Gasteiger partial charge in [-0.1, -0.05) is 0 Å². The third-order valence-corrected chi connectivity index (χ3v) is 1.71. The molecule has 0 bridgehead atoms. The number of carboxylic acid groups (broad SMARTS) is 1. The first-order valence-corrected chi connectivity index (χ1v) is 4.03. The number of ether oxygens (including phenoxy) is 1. The number of nitrogens with one attached hydrogen (secondary N) is 1. The molecule has 1 aliphatic heterocycles. The molecule has 0 spiro atoms. The molecule has 1 aliphatic rings. The van der Waals surface area contributed by atoms with E-state index in [9.17, 15) is 4.79 Å². The van der Waals surface area contributed by atoms with Crippen LogP contribution in [0.4, 0.5) is 0 Å². The molecule has 1 saturated heterocycles. The Bertz CT molecular complexity index is 173. The molecule has 4 heteroatoms. The first-order chi connectivity index (χ1) is 5.79. The highest BCUT2D eigenvalue weighted by atomic mass is 16.5. The van der Waals surface area contributed by atoms with Crippen LogP contribution in [0.2, 0.25) is 0 Å². The van der Waals surface area contributed by atoms with Gasteiger partial charge in [0, 0.05) is 25.4 Å². The Kier molecular flexibility index (Phi) is 3.60. The summed E-state index contributed by atoms with van der Waals surface area (Å²) in [6.07, 6.45) is 4.94. The standard InChI is InChI=1S/C8H13NO3/c10-8(11)3-4-9-6-7-2-1-5-12-7/h3-4,7,9H,1-2,5-6H2,(H,10,11)/b4-3+. The normalized spacial score (nSPS) is 23.2. The molecule has 2 N–H and O–H groups in total. The van der Waals surface area contributed by atoms with Gasteiger partial charge in [0.25, 0.3) is 0 Å². The SMILES string of the molecule is O=C(O)/C=C/NCC1CCCO1. The van der Waals surface area contributed by atoms with Crippen LogP contribution in [0, 0.1) is 0 Å². The van der Waals surface area contributed by atoms with Crippen molar-refractivity contribution in [3.8, 4) is 0 Å². The topological polar surface area (TPSA) is 58.6 Å². The predicted molar refractivity (Wildman–Crippen MR) is 43.8 cm³/mol. The fourth-order valence-corrected chi connectivity index (χ4v) is 1.14. The zero-order valence-electron chi connectivity index (χ0n) is 6.82. The molecule has 1 rings (SSSR count). The van der Waals surface area contributed by atoms with Gasteiger partial charge in [-0.15, -0.1) is 0 Å². The molecule has 1 fully saturated rings.